The molecule has 8 aromatic rings. The maximum atomic E-state index is 2.88. The molecule has 4 heteroatoms. The molecule has 0 fully saturated rings. The zero-order chi connectivity index (χ0) is 45.3. The predicted octanol–water partition coefficient (Wildman–Crippen LogP) is 18.3. The van der Waals surface area contributed by atoms with Crippen molar-refractivity contribution in [2.24, 2.45) is 0 Å². The molecule has 68 heavy (non-hydrogen) atoms. The van der Waals surface area contributed by atoms with E-state index >= 15 is 0 Å². The molecule has 0 spiro atoms. The van der Waals surface area contributed by atoms with E-state index in [-0.39, 0.29) is 24.8 Å². The molecule has 342 valence electrons. The molecule has 0 nitrogen and oxygen atoms in total. The summed E-state index contributed by atoms with van der Waals surface area (Å²) in [5.41, 5.74) is 22.8. The van der Waals surface area contributed by atoms with Gasteiger partial charge in [0.05, 0.1) is 0 Å². The quantitative estimate of drug-likeness (QED) is 0.0953. The molecule has 0 N–H and O–H groups in total. The summed E-state index contributed by atoms with van der Waals surface area (Å²) in [6, 6.07) is 77.6. The predicted molar refractivity (Wildman–Crippen MR) is 299 cm³/mol. The van der Waals surface area contributed by atoms with Crippen LogP contribution in [0, 0.1) is 0 Å². The molecule has 0 aromatic heterocycles. The van der Waals surface area contributed by atoms with Gasteiger partial charge in [-0.15, -0.1) is 24.8 Å². The molecular weight excluding hydrogens is 959 g/mol. The smallest absolute Gasteiger partial charge is 0.147 e. The van der Waals surface area contributed by atoms with Crippen molar-refractivity contribution in [2.45, 2.75) is 67.9 Å². The van der Waals surface area contributed by atoms with Crippen molar-refractivity contribution in [3.63, 3.8) is 0 Å². The summed E-state index contributed by atoms with van der Waals surface area (Å²) in [6.45, 7) is 7.32. The maximum absolute atomic E-state index is 4.43. The summed E-state index contributed by atoms with van der Waals surface area (Å²) in [5, 5.41) is 0. The summed E-state index contributed by atoms with van der Waals surface area (Å²) in [7, 11) is 0. The van der Waals surface area contributed by atoms with Crippen molar-refractivity contribution in [3.8, 4) is 44.5 Å². The van der Waals surface area contributed by atoms with Crippen LogP contribution in [0.4, 0.5) is 0 Å². The van der Waals surface area contributed by atoms with Crippen LogP contribution in [0.2, 0.25) is 9.26 Å². The minimum Gasteiger partial charge on any atom is -0.147 e. The van der Waals surface area contributed by atoms with Crippen LogP contribution < -0.4 is 0 Å². The Morgan fingerprint density at radius 1 is 0.382 bits per heavy atom. The molecule has 0 heterocycles. The van der Waals surface area contributed by atoms with Gasteiger partial charge in [0, 0.05) is 0 Å². The minimum atomic E-state index is -4.43. The van der Waals surface area contributed by atoms with Gasteiger partial charge in [-0.05, 0) is 0 Å². The van der Waals surface area contributed by atoms with E-state index in [2.05, 4.69) is 248 Å². The van der Waals surface area contributed by atoms with E-state index < -0.39 is 17.4 Å². The molecule has 8 aromatic carbocycles. The van der Waals surface area contributed by atoms with Gasteiger partial charge in [-0.2, -0.15) is 0 Å². The van der Waals surface area contributed by atoms with Gasteiger partial charge in [-0.25, -0.2) is 0 Å². The van der Waals surface area contributed by atoms with Crippen LogP contribution in [0.15, 0.2) is 217 Å². The zero-order valence-electron chi connectivity index (χ0n) is 39.9. The van der Waals surface area contributed by atoms with Gasteiger partial charge in [0.15, 0.2) is 0 Å². The molecule has 0 amide bonds. The van der Waals surface area contributed by atoms with Crippen LogP contribution in [-0.4, -0.2) is 6.88 Å². The van der Waals surface area contributed by atoms with Gasteiger partial charge < -0.3 is 0 Å². The third-order valence-corrected chi connectivity index (χ3v) is 32.7. The standard InChI is InChI=1S/2C31H27.2CH3.2ClH.H2Si.Zr/c2*1-2-24(25-12-6-3-7-13-25)20-23-21-30-28(26-14-8-4-9-15-26)18-19-29(31(30)22-23)27-16-10-5-11-17-27;;;;;;/h2*3-19,21-22,24H,2,20H2,1H3;2*1H3;2*1H;1H2;. The van der Waals surface area contributed by atoms with Crippen LogP contribution in [0.25, 0.3) is 56.7 Å². The fourth-order valence-corrected chi connectivity index (χ4v) is 31.8. The Morgan fingerprint density at radius 3 is 0.941 bits per heavy atom. The van der Waals surface area contributed by atoms with Gasteiger partial charge in [0.2, 0.25) is 0 Å². The monoisotopic (exact) mass is 1020 g/mol. The van der Waals surface area contributed by atoms with E-state index in [0.717, 1.165) is 25.7 Å². The molecule has 0 bridgehead atoms. The Kier molecular flexibility index (Phi) is 15.1. The van der Waals surface area contributed by atoms with Crippen LogP contribution in [0.3, 0.4) is 0 Å². The van der Waals surface area contributed by atoms with Gasteiger partial charge >= 0.3 is 400 Å². The molecule has 4 unspecified atom stereocenters. The third-order valence-electron chi connectivity index (χ3n) is 15.3. The van der Waals surface area contributed by atoms with Crippen LogP contribution in [-0.2, 0) is 17.4 Å². The number of hydrogen-bond donors (Lipinski definition) is 0. The van der Waals surface area contributed by atoms with Crippen molar-refractivity contribution in [1.82, 2.24) is 0 Å². The Labute approximate surface area is 421 Å². The first-order chi connectivity index (χ1) is 32.2. The van der Waals surface area contributed by atoms with Crippen LogP contribution in [0.1, 0.15) is 92.0 Å². The number of benzene rings is 8. The maximum Gasteiger partial charge on any atom is -0.147 e. The number of fused-ring (bicyclic) bond motifs is 2. The Balaban J connectivity index is 0.00000312. The van der Waals surface area contributed by atoms with E-state index in [0.29, 0.717) is 19.1 Å². The van der Waals surface area contributed by atoms with Crippen molar-refractivity contribution >= 4 is 43.8 Å². The zero-order valence-corrected chi connectivity index (χ0v) is 45.5. The van der Waals surface area contributed by atoms with Gasteiger partial charge in [-0.1, -0.05) is 0 Å². The summed E-state index contributed by atoms with van der Waals surface area (Å²) >= 11 is -4.43. The topological polar surface area (TPSA) is 0 Å². The third kappa shape index (κ3) is 9.35. The van der Waals surface area contributed by atoms with Crippen LogP contribution >= 0.6 is 24.8 Å². The summed E-state index contributed by atoms with van der Waals surface area (Å²) in [5.74, 6) is 0.836. The Hall–Kier alpha value is -5.08. The van der Waals surface area contributed by atoms with Crippen molar-refractivity contribution in [3.05, 3.63) is 251 Å². The van der Waals surface area contributed by atoms with Crippen molar-refractivity contribution < 1.29 is 17.4 Å². The summed E-state index contributed by atoms with van der Waals surface area (Å²) < 4.78 is 6.36. The molecule has 0 saturated heterocycles. The molecule has 0 aliphatic heterocycles. The average Bonchev–Trinajstić information content (AvgIpc) is 3.97. The molecule has 4 atom stereocenters. The number of rotatable bonds is 14. The molecule has 0 radical (unpaired) electrons. The van der Waals surface area contributed by atoms with Gasteiger partial charge in [-0.3, -0.25) is 0 Å². The average molecular weight is 1020 g/mol. The Bertz CT molecular complexity index is 2910. The minimum absolute atomic E-state index is 0. The Morgan fingerprint density at radius 2 is 0.647 bits per heavy atom. The van der Waals surface area contributed by atoms with E-state index in [4.69, 9.17) is 0 Å². The number of allylic oxidation sites excluding steroid dienone is 2. The van der Waals surface area contributed by atoms with E-state index in [1.54, 1.807) is 22.3 Å². The van der Waals surface area contributed by atoms with E-state index in [9.17, 15) is 0 Å². The second-order valence-corrected chi connectivity index (χ2v) is 50.6. The van der Waals surface area contributed by atoms with Crippen LogP contribution in [0.5, 0.6) is 0 Å². The summed E-state index contributed by atoms with van der Waals surface area (Å²) in [6.07, 6.45) is 9.70. The van der Waals surface area contributed by atoms with E-state index in [1.807, 2.05) is 0 Å². The first-order valence-electron chi connectivity index (χ1n) is 24.4. The molecule has 0 saturated carbocycles. The summed E-state index contributed by atoms with van der Waals surface area (Å²) in [4.78, 5) is 0. The molecular formula is C64H64Cl2SiZr. The first-order valence-corrected chi connectivity index (χ1v) is 38.0. The second kappa shape index (κ2) is 20.9. The van der Waals surface area contributed by atoms with E-state index in [1.165, 1.54) is 66.8 Å². The van der Waals surface area contributed by atoms with Gasteiger partial charge in [0.25, 0.3) is 0 Å². The fraction of sp³-hybridized carbons (Fsp3) is 0.188. The SMILES string of the molecule is CCC(CC1=Cc2c(-c3ccccc3)ccc(-c3ccccc3)c2[CH]1[Zr]([CH3])([CH3])(=[SiH2])[CH]1C(CC(CC)c2ccccc2)=Cc2c(-c3ccccc3)ccc(-c3ccccc3)c21)c1ccccc1.Cl.Cl. The number of halogens is 2. The van der Waals surface area contributed by atoms with Crippen molar-refractivity contribution in [2.75, 3.05) is 0 Å². The molecule has 2 aliphatic rings. The van der Waals surface area contributed by atoms with Crippen molar-refractivity contribution in [1.29, 1.82) is 0 Å². The fourth-order valence-electron chi connectivity index (χ4n) is 12.3. The number of hydrogen-bond acceptors (Lipinski definition) is 0. The molecule has 10 rings (SSSR count). The normalized spacial score (nSPS) is 16.0. The second-order valence-electron chi connectivity index (χ2n) is 20.1. The first kappa shape index (κ1) is 49.3. The van der Waals surface area contributed by atoms with Gasteiger partial charge in [0.1, 0.15) is 0 Å². The largest absolute Gasteiger partial charge is 0.147 e. The molecule has 2 aliphatic carbocycles.